The number of rotatable bonds is 6. The highest BCUT2D eigenvalue weighted by molar-refractivity contribution is 5.97. The molecule has 7 heteroatoms. The van der Waals surface area contributed by atoms with E-state index < -0.39 is 6.09 Å². The zero-order valence-corrected chi connectivity index (χ0v) is 20.3. The molecule has 7 nitrogen and oxygen atoms in total. The van der Waals surface area contributed by atoms with E-state index in [0.29, 0.717) is 22.7 Å². The van der Waals surface area contributed by atoms with Crippen molar-refractivity contribution in [2.45, 2.75) is 12.5 Å². The van der Waals surface area contributed by atoms with Crippen molar-refractivity contribution in [3.8, 4) is 11.5 Å². The van der Waals surface area contributed by atoms with Crippen molar-refractivity contribution in [3.05, 3.63) is 148 Å². The standard InChI is InChI=1S/C31H23N3O4/c35-28-15-14-23(29(21-8-3-1-4-9-21)22-10-5-2-6-11-22)18-33(28)19-24-20-38-30(32-24)26-12-7-13-27-25(26)16-17-34(27)31(36)37/h1-18,20,29H,19H2,(H,36,37). The summed E-state index contributed by atoms with van der Waals surface area (Å²) in [7, 11) is 0. The van der Waals surface area contributed by atoms with Gasteiger partial charge in [-0.15, -0.1) is 0 Å². The van der Waals surface area contributed by atoms with Gasteiger partial charge in [0.25, 0.3) is 5.56 Å². The summed E-state index contributed by atoms with van der Waals surface area (Å²) in [5, 5.41) is 10.1. The number of pyridine rings is 1. The molecule has 3 aromatic heterocycles. The minimum atomic E-state index is -1.06. The first-order valence-electron chi connectivity index (χ1n) is 12.2. The molecule has 186 valence electrons. The Morgan fingerprint density at radius 1 is 0.842 bits per heavy atom. The van der Waals surface area contributed by atoms with Crippen LogP contribution in [0.15, 0.2) is 125 Å². The molecule has 0 spiro atoms. The van der Waals surface area contributed by atoms with Crippen LogP contribution < -0.4 is 5.56 Å². The molecule has 0 aliphatic carbocycles. The fourth-order valence-electron chi connectivity index (χ4n) is 4.91. The molecule has 1 N–H and O–H groups in total. The van der Waals surface area contributed by atoms with E-state index in [4.69, 9.17) is 4.42 Å². The van der Waals surface area contributed by atoms with E-state index in [-0.39, 0.29) is 18.0 Å². The number of nitrogens with zero attached hydrogens (tertiary/aromatic N) is 3. The average Bonchev–Trinajstić information content (AvgIpc) is 3.59. The van der Waals surface area contributed by atoms with E-state index in [1.165, 1.54) is 12.5 Å². The number of carbonyl (C=O) groups is 1. The topological polar surface area (TPSA) is 90.3 Å². The minimum Gasteiger partial charge on any atom is -0.464 e. The summed E-state index contributed by atoms with van der Waals surface area (Å²) >= 11 is 0. The number of fused-ring (bicyclic) bond motifs is 1. The molecular formula is C31H23N3O4. The van der Waals surface area contributed by atoms with Crippen LogP contribution in [0.1, 0.15) is 28.3 Å². The van der Waals surface area contributed by atoms with Crippen LogP contribution in [0.25, 0.3) is 22.4 Å². The second-order valence-corrected chi connectivity index (χ2v) is 9.03. The molecule has 38 heavy (non-hydrogen) atoms. The van der Waals surface area contributed by atoms with Gasteiger partial charge in [-0.1, -0.05) is 72.8 Å². The van der Waals surface area contributed by atoms with Crippen molar-refractivity contribution >= 4 is 17.0 Å². The monoisotopic (exact) mass is 501 g/mol. The first kappa shape index (κ1) is 23.2. The highest BCUT2D eigenvalue weighted by atomic mass is 16.4. The molecule has 0 unspecified atom stereocenters. The SMILES string of the molecule is O=C(O)n1ccc2c(-c3nc(Cn4cc(C(c5ccccc5)c5ccccc5)ccc4=O)co3)cccc21. The quantitative estimate of drug-likeness (QED) is 0.293. The van der Waals surface area contributed by atoms with Crippen LogP contribution in [0.3, 0.4) is 0 Å². The Labute approximate surface area is 217 Å². The molecule has 0 aliphatic rings. The lowest BCUT2D eigenvalue weighted by molar-refractivity contribution is 0.197. The van der Waals surface area contributed by atoms with Crippen molar-refractivity contribution in [3.63, 3.8) is 0 Å². The molecule has 3 aromatic carbocycles. The summed E-state index contributed by atoms with van der Waals surface area (Å²) < 4.78 is 8.57. The number of hydrogen-bond acceptors (Lipinski definition) is 4. The molecule has 0 saturated heterocycles. The van der Waals surface area contributed by atoms with E-state index in [0.717, 1.165) is 26.6 Å². The van der Waals surface area contributed by atoms with Crippen LogP contribution in [0, 0.1) is 0 Å². The van der Waals surface area contributed by atoms with E-state index >= 15 is 0 Å². The Morgan fingerprint density at radius 3 is 2.24 bits per heavy atom. The third-order valence-electron chi connectivity index (χ3n) is 6.66. The van der Waals surface area contributed by atoms with E-state index in [1.807, 2.05) is 54.7 Å². The Balaban J connectivity index is 1.35. The first-order chi connectivity index (χ1) is 18.6. The number of hydrogen-bond donors (Lipinski definition) is 1. The van der Waals surface area contributed by atoms with Gasteiger partial charge in [0, 0.05) is 35.3 Å². The van der Waals surface area contributed by atoms with Crippen LogP contribution in [0.4, 0.5) is 4.79 Å². The van der Waals surface area contributed by atoms with Crippen LogP contribution in [-0.4, -0.2) is 25.3 Å². The van der Waals surface area contributed by atoms with Gasteiger partial charge in [-0.25, -0.2) is 9.78 Å². The Bertz CT molecular complexity index is 1760. The summed E-state index contributed by atoms with van der Waals surface area (Å²) in [6.07, 6.45) is 3.86. The molecule has 6 aromatic rings. The van der Waals surface area contributed by atoms with Gasteiger partial charge in [0.2, 0.25) is 5.89 Å². The highest BCUT2D eigenvalue weighted by Gasteiger charge is 2.19. The predicted molar refractivity (Wildman–Crippen MR) is 144 cm³/mol. The lowest BCUT2D eigenvalue weighted by atomic mass is 9.86. The van der Waals surface area contributed by atoms with Gasteiger partial charge >= 0.3 is 6.09 Å². The van der Waals surface area contributed by atoms with Gasteiger partial charge in [-0.2, -0.15) is 0 Å². The van der Waals surface area contributed by atoms with Gasteiger partial charge < -0.3 is 14.1 Å². The second kappa shape index (κ2) is 9.71. The normalized spacial score (nSPS) is 11.3. The number of oxazole rings is 1. The van der Waals surface area contributed by atoms with Crippen molar-refractivity contribution in [2.75, 3.05) is 0 Å². The second-order valence-electron chi connectivity index (χ2n) is 9.03. The Kier molecular flexibility index (Phi) is 5.94. The summed E-state index contributed by atoms with van der Waals surface area (Å²) in [4.78, 5) is 29.0. The van der Waals surface area contributed by atoms with E-state index in [2.05, 4.69) is 29.2 Å². The van der Waals surface area contributed by atoms with Gasteiger partial charge in [-0.05, 0) is 34.9 Å². The van der Waals surface area contributed by atoms with Crippen molar-refractivity contribution < 1.29 is 14.3 Å². The smallest absolute Gasteiger partial charge is 0.415 e. The molecule has 0 atom stereocenters. The molecular weight excluding hydrogens is 478 g/mol. The summed E-state index contributed by atoms with van der Waals surface area (Å²) in [5.74, 6) is 0.331. The van der Waals surface area contributed by atoms with Gasteiger partial charge in [0.05, 0.1) is 17.8 Å². The van der Waals surface area contributed by atoms with Crippen molar-refractivity contribution in [2.24, 2.45) is 0 Å². The molecule has 0 saturated carbocycles. The molecule has 0 aliphatic heterocycles. The third kappa shape index (κ3) is 4.30. The minimum absolute atomic E-state index is 0.0343. The predicted octanol–water partition coefficient (Wildman–Crippen LogP) is 6.21. The van der Waals surface area contributed by atoms with E-state index in [9.17, 15) is 14.7 Å². The van der Waals surface area contributed by atoms with Crippen molar-refractivity contribution in [1.29, 1.82) is 0 Å². The molecule has 0 fully saturated rings. The van der Waals surface area contributed by atoms with Crippen LogP contribution >= 0.6 is 0 Å². The lowest BCUT2D eigenvalue weighted by Gasteiger charge is -2.19. The number of carboxylic acid groups (broad SMARTS) is 1. The molecule has 0 amide bonds. The largest absolute Gasteiger partial charge is 0.464 e. The lowest BCUT2D eigenvalue weighted by Crippen LogP contribution is -2.21. The van der Waals surface area contributed by atoms with Crippen molar-refractivity contribution in [1.82, 2.24) is 14.1 Å². The molecule has 0 radical (unpaired) electrons. The third-order valence-corrected chi connectivity index (χ3v) is 6.66. The molecule has 0 bridgehead atoms. The maximum atomic E-state index is 12.8. The maximum Gasteiger partial charge on any atom is 0.415 e. The van der Waals surface area contributed by atoms with E-state index in [1.54, 1.807) is 28.8 Å². The zero-order valence-electron chi connectivity index (χ0n) is 20.3. The Hall–Kier alpha value is -5.17. The van der Waals surface area contributed by atoms with Gasteiger partial charge in [0.1, 0.15) is 6.26 Å². The molecule has 6 rings (SSSR count). The number of aromatic nitrogens is 3. The fourth-order valence-corrected chi connectivity index (χ4v) is 4.91. The fraction of sp³-hybridized carbons (Fsp3) is 0.0645. The zero-order chi connectivity index (χ0) is 26.1. The van der Waals surface area contributed by atoms with Crippen LogP contribution in [-0.2, 0) is 6.54 Å². The summed E-state index contributed by atoms with van der Waals surface area (Å²) in [6.45, 7) is 0.235. The van der Waals surface area contributed by atoms with Crippen LogP contribution in [0.5, 0.6) is 0 Å². The Morgan fingerprint density at radius 2 is 1.55 bits per heavy atom. The first-order valence-corrected chi connectivity index (χ1v) is 12.2. The molecule has 3 heterocycles. The summed E-state index contributed by atoms with van der Waals surface area (Å²) in [5.41, 5.74) is 4.94. The van der Waals surface area contributed by atoms with Gasteiger partial charge in [0.15, 0.2) is 0 Å². The summed E-state index contributed by atoms with van der Waals surface area (Å²) in [6, 6.07) is 31.0. The van der Waals surface area contributed by atoms with Gasteiger partial charge in [-0.3, -0.25) is 9.36 Å². The average molecular weight is 502 g/mol. The van der Waals surface area contributed by atoms with Crippen LogP contribution in [0.2, 0.25) is 0 Å². The number of benzene rings is 3. The highest BCUT2D eigenvalue weighted by Crippen LogP contribution is 2.32. The maximum absolute atomic E-state index is 12.8.